The Morgan fingerprint density at radius 1 is 1.04 bits per heavy atom. The van der Waals surface area contributed by atoms with Crippen molar-refractivity contribution >= 4 is 12.2 Å². The third-order valence-electron chi connectivity index (χ3n) is 5.45. The standard InChI is InChI=1S/C20H22N6S/c27-20-25(14-24-11-3-6-18(24)15-4-1-9-21-12-15)23-19(26(20)17-7-8-17)16-5-2-10-22-13-16/h1-2,4-5,9-10,12-13,17-18H,3,6-8,11,14H2. The van der Waals surface area contributed by atoms with E-state index in [1.165, 1.54) is 24.8 Å². The average molecular weight is 379 g/mol. The zero-order chi connectivity index (χ0) is 18.2. The van der Waals surface area contributed by atoms with Crippen molar-refractivity contribution in [2.45, 2.75) is 44.4 Å². The molecule has 0 amide bonds. The quantitative estimate of drug-likeness (QED) is 0.628. The Hall–Kier alpha value is -2.38. The molecule has 0 radical (unpaired) electrons. The van der Waals surface area contributed by atoms with Crippen LogP contribution in [0, 0.1) is 4.77 Å². The van der Waals surface area contributed by atoms with E-state index in [4.69, 9.17) is 17.3 Å². The van der Waals surface area contributed by atoms with Gasteiger partial charge in [0.05, 0.1) is 6.67 Å². The van der Waals surface area contributed by atoms with E-state index in [2.05, 4.69) is 31.6 Å². The lowest BCUT2D eigenvalue weighted by atomic mass is 10.1. The minimum absolute atomic E-state index is 0.383. The molecule has 1 saturated heterocycles. The summed E-state index contributed by atoms with van der Waals surface area (Å²) in [7, 11) is 0. The molecular weight excluding hydrogens is 356 g/mol. The van der Waals surface area contributed by atoms with Crippen LogP contribution in [-0.4, -0.2) is 35.8 Å². The summed E-state index contributed by atoms with van der Waals surface area (Å²) in [6.45, 7) is 1.77. The number of pyridine rings is 2. The number of rotatable bonds is 5. The fourth-order valence-electron chi connectivity index (χ4n) is 3.98. The number of hydrogen-bond donors (Lipinski definition) is 0. The molecule has 1 aliphatic heterocycles. The number of likely N-dealkylation sites (tertiary alicyclic amines) is 1. The van der Waals surface area contributed by atoms with Gasteiger partial charge in [0.25, 0.3) is 0 Å². The molecule has 6 nitrogen and oxygen atoms in total. The van der Waals surface area contributed by atoms with E-state index in [0.29, 0.717) is 18.8 Å². The summed E-state index contributed by atoms with van der Waals surface area (Å²) in [6.07, 6.45) is 12.2. The first-order valence-corrected chi connectivity index (χ1v) is 9.96. The van der Waals surface area contributed by atoms with Crippen LogP contribution in [0.2, 0.25) is 0 Å². The van der Waals surface area contributed by atoms with Gasteiger partial charge in [-0.2, -0.15) is 5.10 Å². The van der Waals surface area contributed by atoms with Crippen LogP contribution < -0.4 is 0 Å². The molecule has 0 N–H and O–H groups in total. The van der Waals surface area contributed by atoms with Crippen molar-refractivity contribution in [3.05, 3.63) is 59.4 Å². The van der Waals surface area contributed by atoms with Crippen LogP contribution in [0.3, 0.4) is 0 Å². The largest absolute Gasteiger partial charge is 0.297 e. The lowest BCUT2D eigenvalue weighted by Gasteiger charge is -2.24. The van der Waals surface area contributed by atoms with Gasteiger partial charge in [-0.05, 0) is 61.7 Å². The highest BCUT2D eigenvalue weighted by atomic mass is 32.1. The molecule has 1 aliphatic carbocycles. The number of hydrogen-bond acceptors (Lipinski definition) is 5. The predicted molar refractivity (Wildman–Crippen MR) is 105 cm³/mol. The summed E-state index contributed by atoms with van der Waals surface area (Å²) in [5.74, 6) is 0.938. The molecule has 3 aromatic rings. The molecule has 1 atom stereocenters. The second-order valence-corrected chi connectivity index (χ2v) is 7.71. The molecule has 1 saturated carbocycles. The van der Waals surface area contributed by atoms with Gasteiger partial charge in [0.15, 0.2) is 10.6 Å². The summed E-state index contributed by atoms with van der Waals surface area (Å²) >= 11 is 5.82. The molecule has 0 spiro atoms. The highest BCUT2D eigenvalue weighted by Gasteiger charge is 2.31. The van der Waals surface area contributed by atoms with Crippen molar-refractivity contribution in [2.24, 2.45) is 0 Å². The molecule has 2 fully saturated rings. The Morgan fingerprint density at radius 3 is 2.56 bits per heavy atom. The van der Waals surface area contributed by atoms with Gasteiger partial charge in [0, 0.05) is 49.0 Å². The van der Waals surface area contributed by atoms with Crippen LogP contribution in [0.4, 0.5) is 0 Å². The van der Waals surface area contributed by atoms with Crippen LogP contribution in [0.25, 0.3) is 11.4 Å². The summed E-state index contributed by atoms with van der Waals surface area (Å²) in [6, 6.07) is 9.05. The van der Waals surface area contributed by atoms with E-state index < -0.39 is 0 Å². The Bertz CT molecular complexity index is 977. The van der Waals surface area contributed by atoms with Gasteiger partial charge in [-0.25, -0.2) is 4.68 Å². The smallest absolute Gasteiger partial charge is 0.199 e. The minimum atomic E-state index is 0.383. The highest BCUT2D eigenvalue weighted by Crippen LogP contribution is 2.39. The number of nitrogens with zero attached hydrogens (tertiary/aromatic N) is 6. The van der Waals surface area contributed by atoms with Gasteiger partial charge >= 0.3 is 0 Å². The maximum Gasteiger partial charge on any atom is 0.199 e. The van der Waals surface area contributed by atoms with Crippen molar-refractivity contribution in [2.75, 3.05) is 6.54 Å². The van der Waals surface area contributed by atoms with Crippen LogP contribution in [-0.2, 0) is 6.67 Å². The lowest BCUT2D eigenvalue weighted by Crippen LogP contribution is -2.27. The fraction of sp³-hybridized carbons (Fsp3) is 0.400. The summed E-state index contributed by atoms with van der Waals surface area (Å²) in [5.41, 5.74) is 2.30. The van der Waals surface area contributed by atoms with E-state index in [0.717, 1.165) is 29.1 Å². The van der Waals surface area contributed by atoms with Crippen molar-refractivity contribution in [3.8, 4) is 11.4 Å². The fourth-order valence-corrected chi connectivity index (χ4v) is 4.32. The molecule has 0 bridgehead atoms. The van der Waals surface area contributed by atoms with Crippen molar-refractivity contribution < 1.29 is 0 Å². The van der Waals surface area contributed by atoms with E-state index in [1.54, 1.807) is 6.20 Å². The first-order valence-electron chi connectivity index (χ1n) is 9.55. The molecule has 7 heteroatoms. The third kappa shape index (κ3) is 3.21. The Morgan fingerprint density at radius 2 is 1.85 bits per heavy atom. The zero-order valence-corrected chi connectivity index (χ0v) is 15.9. The van der Waals surface area contributed by atoms with Crippen LogP contribution in [0.15, 0.2) is 49.1 Å². The molecule has 27 heavy (non-hydrogen) atoms. The van der Waals surface area contributed by atoms with Crippen LogP contribution in [0.5, 0.6) is 0 Å². The molecule has 138 valence electrons. The van der Waals surface area contributed by atoms with Crippen molar-refractivity contribution in [1.29, 1.82) is 0 Å². The van der Waals surface area contributed by atoms with Gasteiger partial charge in [-0.15, -0.1) is 0 Å². The first kappa shape index (κ1) is 16.8. The zero-order valence-electron chi connectivity index (χ0n) is 15.1. The summed E-state index contributed by atoms with van der Waals surface area (Å²) in [5, 5.41) is 4.91. The topological polar surface area (TPSA) is 51.8 Å². The molecule has 2 aliphatic rings. The minimum Gasteiger partial charge on any atom is -0.297 e. The normalized spacial score (nSPS) is 20.2. The maximum absolute atomic E-state index is 5.82. The van der Waals surface area contributed by atoms with E-state index in [9.17, 15) is 0 Å². The molecule has 0 aromatic carbocycles. The van der Waals surface area contributed by atoms with E-state index in [-0.39, 0.29) is 0 Å². The van der Waals surface area contributed by atoms with Gasteiger partial charge in [-0.3, -0.25) is 19.4 Å². The molecule has 4 heterocycles. The summed E-state index contributed by atoms with van der Waals surface area (Å²) in [4.78, 5) is 11.0. The van der Waals surface area contributed by atoms with Crippen molar-refractivity contribution in [3.63, 3.8) is 0 Å². The second kappa shape index (κ2) is 6.98. The van der Waals surface area contributed by atoms with Gasteiger partial charge in [0.2, 0.25) is 0 Å². The maximum atomic E-state index is 5.82. The van der Waals surface area contributed by atoms with Gasteiger partial charge in [0.1, 0.15) is 0 Å². The van der Waals surface area contributed by atoms with Gasteiger partial charge in [-0.1, -0.05) is 6.07 Å². The first-order chi connectivity index (χ1) is 13.3. The van der Waals surface area contributed by atoms with Gasteiger partial charge < -0.3 is 0 Å². The summed E-state index contributed by atoms with van der Waals surface area (Å²) < 4.78 is 5.03. The Kier molecular flexibility index (Phi) is 4.33. The predicted octanol–water partition coefficient (Wildman–Crippen LogP) is 4.00. The Balaban J connectivity index is 1.48. The van der Waals surface area contributed by atoms with Crippen LogP contribution in [0.1, 0.15) is 43.3 Å². The second-order valence-electron chi connectivity index (χ2n) is 7.35. The van der Waals surface area contributed by atoms with E-state index >= 15 is 0 Å². The third-order valence-corrected chi connectivity index (χ3v) is 5.86. The van der Waals surface area contributed by atoms with Crippen molar-refractivity contribution in [1.82, 2.24) is 29.2 Å². The molecule has 5 rings (SSSR count). The monoisotopic (exact) mass is 378 g/mol. The highest BCUT2D eigenvalue weighted by molar-refractivity contribution is 7.71. The molecular formula is C20H22N6S. The lowest BCUT2D eigenvalue weighted by molar-refractivity contribution is 0.189. The average Bonchev–Trinajstić information content (AvgIpc) is 3.36. The SMILES string of the molecule is S=c1n(CN2CCCC2c2cccnc2)nc(-c2cccnc2)n1C1CC1. The Labute approximate surface area is 163 Å². The molecule has 1 unspecified atom stereocenters. The molecule has 3 aromatic heterocycles. The van der Waals surface area contributed by atoms with E-state index in [1.807, 2.05) is 35.4 Å². The van der Waals surface area contributed by atoms with Crippen LogP contribution >= 0.6 is 12.2 Å². The number of aromatic nitrogens is 5.